The molecular formula is C23H20N6O5S2. The molecule has 13 heteroatoms. The van der Waals surface area contributed by atoms with Crippen LogP contribution in [0.3, 0.4) is 0 Å². The fourth-order valence-corrected chi connectivity index (χ4v) is 4.91. The molecule has 36 heavy (non-hydrogen) atoms. The van der Waals surface area contributed by atoms with E-state index in [9.17, 15) is 24.3 Å². The normalized spacial score (nSPS) is 10.7. The predicted molar refractivity (Wildman–Crippen MR) is 136 cm³/mol. The first-order valence-corrected chi connectivity index (χ1v) is 12.3. The first-order chi connectivity index (χ1) is 17.3. The molecule has 0 saturated carbocycles. The van der Waals surface area contributed by atoms with Gasteiger partial charge in [0.25, 0.3) is 11.5 Å². The van der Waals surface area contributed by atoms with Crippen molar-refractivity contribution in [2.24, 2.45) is 7.05 Å². The monoisotopic (exact) mass is 524 g/mol. The standard InChI is InChI=1S/C23H20N6O5S2/c1-13-18(20(32)29(28(13)2)14-8-4-3-5-9-14)24-17(30)12-35-23-27-26-22(36-23)25-19(31)15-10-6-7-11-16(15)21(33)34/h3-11H,12H2,1-2H3,(H,24,30)(H,33,34)(H,25,26,31). The molecule has 0 atom stereocenters. The zero-order valence-corrected chi connectivity index (χ0v) is 20.7. The molecule has 184 valence electrons. The molecule has 0 saturated heterocycles. The molecule has 0 aliphatic carbocycles. The molecule has 0 bridgehead atoms. The van der Waals surface area contributed by atoms with Crippen LogP contribution < -0.4 is 16.2 Å². The van der Waals surface area contributed by atoms with Gasteiger partial charge in [0.15, 0.2) is 4.34 Å². The van der Waals surface area contributed by atoms with Gasteiger partial charge in [0.2, 0.25) is 11.0 Å². The molecule has 2 aromatic carbocycles. The van der Waals surface area contributed by atoms with Gasteiger partial charge in [-0.2, -0.15) is 0 Å². The highest BCUT2D eigenvalue weighted by Crippen LogP contribution is 2.26. The second kappa shape index (κ2) is 10.6. The van der Waals surface area contributed by atoms with E-state index in [-0.39, 0.29) is 33.3 Å². The van der Waals surface area contributed by atoms with Crippen LogP contribution in [0.2, 0.25) is 0 Å². The molecule has 4 rings (SSSR count). The Kier molecular flexibility index (Phi) is 7.31. The van der Waals surface area contributed by atoms with Crippen LogP contribution in [0.15, 0.2) is 63.7 Å². The van der Waals surface area contributed by atoms with Crippen LogP contribution in [-0.2, 0) is 11.8 Å². The average Bonchev–Trinajstić information content (AvgIpc) is 3.40. The number of nitrogens with zero attached hydrogens (tertiary/aromatic N) is 4. The first-order valence-electron chi connectivity index (χ1n) is 10.5. The Hall–Kier alpha value is -4.23. The van der Waals surface area contributed by atoms with E-state index in [0.717, 1.165) is 23.1 Å². The number of rotatable bonds is 8. The van der Waals surface area contributed by atoms with Gasteiger partial charge in [-0.1, -0.05) is 53.4 Å². The van der Waals surface area contributed by atoms with E-state index in [2.05, 4.69) is 20.8 Å². The number of carbonyl (C=O) groups is 3. The molecule has 2 amide bonds. The summed E-state index contributed by atoms with van der Waals surface area (Å²) >= 11 is 2.13. The van der Waals surface area contributed by atoms with Gasteiger partial charge in [-0.25, -0.2) is 9.48 Å². The van der Waals surface area contributed by atoms with Crippen molar-refractivity contribution >= 4 is 51.7 Å². The van der Waals surface area contributed by atoms with Crippen LogP contribution in [0.4, 0.5) is 10.8 Å². The number of benzene rings is 2. The Labute approximate surface area is 212 Å². The second-order valence-corrected chi connectivity index (χ2v) is 9.65. The molecule has 11 nitrogen and oxygen atoms in total. The van der Waals surface area contributed by atoms with E-state index in [1.807, 2.05) is 18.2 Å². The van der Waals surface area contributed by atoms with Gasteiger partial charge in [-0.15, -0.1) is 10.2 Å². The Bertz CT molecular complexity index is 1510. The number of anilines is 2. The summed E-state index contributed by atoms with van der Waals surface area (Å²) in [6.45, 7) is 1.74. The number of aromatic carboxylic acids is 1. The number of para-hydroxylation sites is 1. The summed E-state index contributed by atoms with van der Waals surface area (Å²) in [5, 5.41) is 22.4. The van der Waals surface area contributed by atoms with Crippen molar-refractivity contribution in [2.75, 3.05) is 16.4 Å². The molecule has 0 radical (unpaired) electrons. The molecule has 2 heterocycles. The molecule has 0 unspecified atom stereocenters. The van der Waals surface area contributed by atoms with Crippen molar-refractivity contribution in [1.29, 1.82) is 0 Å². The van der Waals surface area contributed by atoms with E-state index in [1.165, 1.54) is 22.9 Å². The van der Waals surface area contributed by atoms with E-state index < -0.39 is 17.8 Å². The molecule has 4 aromatic rings. The number of aromatic nitrogens is 4. The van der Waals surface area contributed by atoms with Gasteiger partial charge in [0.05, 0.1) is 28.3 Å². The minimum absolute atomic E-state index is 0.00632. The largest absolute Gasteiger partial charge is 0.478 e. The predicted octanol–water partition coefficient (Wildman–Crippen LogP) is 3.02. The number of thioether (sulfide) groups is 1. The lowest BCUT2D eigenvalue weighted by Gasteiger charge is -2.07. The minimum Gasteiger partial charge on any atom is -0.478 e. The van der Waals surface area contributed by atoms with Crippen LogP contribution in [0.5, 0.6) is 0 Å². The summed E-state index contributed by atoms with van der Waals surface area (Å²) in [5.74, 6) is -2.29. The highest BCUT2D eigenvalue weighted by atomic mass is 32.2. The van der Waals surface area contributed by atoms with Gasteiger partial charge in [0.1, 0.15) is 5.69 Å². The van der Waals surface area contributed by atoms with E-state index in [4.69, 9.17) is 0 Å². The average molecular weight is 525 g/mol. The molecule has 0 aliphatic heterocycles. The zero-order chi connectivity index (χ0) is 25.8. The summed E-state index contributed by atoms with van der Waals surface area (Å²) in [5.41, 5.74) is 0.986. The zero-order valence-electron chi connectivity index (χ0n) is 19.1. The fraction of sp³-hybridized carbons (Fsp3) is 0.130. The van der Waals surface area contributed by atoms with Crippen LogP contribution >= 0.6 is 23.1 Å². The van der Waals surface area contributed by atoms with Gasteiger partial charge in [-0.3, -0.25) is 24.4 Å². The van der Waals surface area contributed by atoms with E-state index in [1.54, 1.807) is 36.9 Å². The SMILES string of the molecule is Cc1c(NC(=O)CSc2nnc(NC(=O)c3ccccc3C(=O)O)s2)c(=O)n(-c2ccccc2)n1C. The molecule has 0 spiro atoms. The summed E-state index contributed by atoms with van der Waals surface area (Å²) in [6.07, 6.45) is 0. The lowest BCUT2D eigenvalue weighted by molar-refractivity contribution is -0.113. The van der Waals surface area contributed by atoms with Gasteiger partial charge >= 0.3 is 5.97 Å². The minimum atomic E-state index is -1.22. The summed E-state index contributed by atoms with van der Waals surface area (Å²) < 4.78 is 3.56. The maximum absolute atomic E-state index is 12.9. The smallest absolute Gasteiger partial charge is 0.336 e. The van der Waals surface area contributed by atoms with Crippen molar-refractivity contribution in [3.8, 4) is 5.69 Å². The molecule has 2 aromatic heterocycles. The second-order valence-electron chi connectivity index (χ2n) is 7.45. The highest BCUT2D eigenvalue weighted by molar-refractivity contribution is 8.01. The Morgan fingerprint density at radius 2 is 1.67 bits per heavy atom. The number of nitrogens with one attached hydrogen (secondary N) is 2. The van der Waals surface area contributed by atoms with Crippen molar-refractivity contribution < 1.29 is 19.5 Å². The number of hydrogen-bond donors (Lipinski definition) is 3. The first kappa shape index (κ1) is 24.9. The Morgan fingerprint density at radius 1 is 1.00 bits per heavy atom. The van der Waals surface area contributed by atoms with Gasteiger partial charge < -0.3 is 10.4 Å². The molecule has 0 fully saturated rings. The van der Waals surface area contributed by atoms with Gasteiger partial charge in [0, 0.05) is 7.05 Å². The van der Waals surface area contributed by atoms with Crippen LogP contribution in [0.25, 0.3) is 5.69 Å². The maximum Gasteiger partial charge on any atom is 0.336 e. The Balaban J connectivity index is 1.39. The lowest BCUT2D eigenvalue weighted by Crippen LogP contribution is -2.23. The maximum atomic E-state index is 12.9. The number of carboxylic acids is 1. The summed E-state index contributed by atoms with van der Waals surface area (Å²) in [6, 6.07) is 14.9. The highest BCUT2D eigenvalue weighted by Gasteiger charge is 2.20. The van der Waals surface area contributed by atoms with Crippen molar-refractivity contribution in [3.05, 3.63) is 81.8 Å². The topological polar surface area (TPSA) is 148 Å². The molecular weight excluding hydrogens is 504 g/mol. The van der Waals surface area contributed by atoms with E-state index >= 15 is 0 Å². The number of carboxylic acid groups (broad SMARTS) is 1. The summed E-state index contributed by atoms with van der Waals surface area (Å²) in [7, 11) is 1.74. The van der Waals surface area contributed by atoms with Crippen LogP contribution in [-0.4, -0.2) is 48.2 Å². The molecule has 3 N–H and O–H groups in total. The van der Waals surface area contributed by atoms with Crippen molar-refractivity contribution in [3.63, 3.8) is 0 Å². The Morgan fingerprint density at radius 3 is 2.36 bits per heavy atom. The summed E-state index contributed by atoms with van der Waals surface area (Å²) in [4.78, 5) is 49.3. The lowest BCUT2D eigenvalue weighted by atomic mass is 10.1. The third-order valence-electron chi connectivity index (χ3n) is 5.17. The quantitative estimate of drug-likeness (QED) is 0.235. The number of hydrogen-bond acceptors (Lipinski definition) is 8. The van der Waals surface area contributed by atoms with Crippen molar-refractivity contribution in [1.82, 2.24) is 19.6 Å². The van der Waals surface area contributed by atoms with Crippen LogP contribution in [0, 0.1) is 6.92 Å². The third kappa shape index (κ3) is 5.21. The van der Waals surface area contributed by atoms with Crippen molar-refractivity contribution in [2.45, 2.75) is 11.3 Å². The van der Waals surface area contributed by atoms with Gasteiger partial charge in [-0.05, 0) is 31.2 Å². The molecule has 0 aliphatic rings. The van der Waals surface area contributed by atoms with Crippen LogP contribution in [0.1, 0.15) is 26.4 Å². The third-order valence-corrected chi connectivity index (χ3v) is 7.15. The number of amides is 2. The fourth-order valence-electron chi connectivity index (χ4n) is 3.37. The number of carbonyl (C=O) groups excluding carboxylic acids is 2. The van der Waals surface area contributed by atoms with E-state index in [0.29, 0.717) is 15.7 Å².